The number of thiophene rings is 1. The van der Waals surface area contributed by atoms with E-state index in [2.05, 4.69) is 41.9 Å². The number of hydrogen-bond donors (Lipinski definition) is 0. The summed E-state index contributed by atoms with van der Waals surface area (Å²) < 4.78 is 6.67. The van der Waals surface area contributed by atoms with Crippen molar-refractivity contribution in [2.45, 2.75) is 89.9 Å². The Morgan fingerprint density at radius 2 is 2.03 bits per heavy atom. The molecule has 1 aromatic rings. The molecule has 0 saturated heterocycles. The van der Waals surface area contributed by atoms with E-state index in [1.54, 1.807) is 23.1 Å². The molecule has 3 nitrogen and oxygen atoms in total. The molecular weight excluding hydrogens is 518 g/mol. The molecule has 8 heteroatoms. The van der Waals surface area contributed by atoms with Crippen LogP contribution in [0.5, 0.6) is 0 Å². The molecule has 0 aromatic carbocycles. The molecule has 0 spiro atoms. The molecule has 0 N–H and O–H groups in total. The second kappa shape index (κ2) is 15.7. The summed E-state index contributed by atoms with van der Waals surface area (Å²) >= 11 is 13.6. The van der Waals surface area contributed by atoms with E-state index in [4.69, 9.17) is 17.0 Å². The molecule has 0 aliphatic heterocycles. The Hall–Kier alpha value is -0.0700. The van der Waals surface area contributed by atoms with E-state index in [0.29, 0.717) is 13.0 Å². The van der Waals surface area contributed by atoms with Crippen LogP contribution in [0.3, 0.4) is 0 Å². The number of ether oxygens (including phenoxy) is 1. The minimum atomic E-state index is -0.703. The Morgan fingerprint density at radius 1 is 1.30 bits per heavy atom. The van der Waals surface area contributed by atoms with Gasteiger partial charge in [0, 0.05) is 11.3 Å². The average molecular weight is 551 g/mol. The Bertz CT molecular complexity index is 716. The number of unbranched alkanes of at least 4 members (excludes halogenated alkanes) is 4. The van der Waals surface area contributed by atoms with Gasteiger partial charge in [0.1, 0.15) is 14.9 Å². The fourth-order valence-corrected chi connectivity index (χ4v) is 7.47. The van der Waals surface area contributed by atoms with Gasteiger partial charge in [0.15, 0.2) is 0 Å². The van der Waals surface area contributed by atoms with Gasteiger partial charge >= 0.3 is 5.97 Å². The molecule has 1 heterocycles. The number of carbonyl (C=O) groups excluding carboxylic acids is 1. The van der Waals surface area contributed by atoms with Gasteiger partial charge in [-0.2, -0.15) is 5.26 Å². The number of hydrogen-bond acceptors (Lipinski definition) is 7. The Balaban J connectivity index is 2.46. The summed E-state index contributed by atoms with van der Waals surface area (Å²) in [5.74, 6) is 0.714. The van der Waals surface area contributed by atoms with Crippen molar-refractivity contribution in [1.29, 1.82) is 5.26 Å². The lowest BCUT2D eigenvalue weighted by molar-refractivity contribution is -0.145. The number of aryl methyl sites for hydroxylation is 1. The van der Waals surface area contributed by atoms with Crippen LogP contribution in [0.25, 0.3) is 0 Å². The van der Waals surface area contributed by atoms with E-state index in [9.17, 15) is 10.1 Å². The maximum atomic E-state index is 12.3. The SMILES string of the molecule is CCCCCCc1cc(Br)sc1COC(=O)CCC(C)(C#N)SC(=S)SCCCC. The van der Waals surface area contributed by atoms with Crippen molar-refractivity contribution < 1.29 is 9.53 Å². The minimum Gasteiger partial charge on any atom is -0.460 e. The van der Waals surface area contributed by atoms with Crippen molar-refractivity contribution in [1.82, 2.24) is 0 Å². The Morgan fingerprint density at radius 3 is 2.70 bits per heavy atom. The molecule has 1 rings (SSSR count). The highest BCUT2D eigenvalue weighted by Crippen LogP contribution is 2.35. The van der Waals surface area contributed by atoms with E-state index >= 15 is 0 Å². The summed E-state index contributed by atoms with van der Waals surface area (Å²) in [6.07, 6.45) is 8.77. The molecule has 0 aliphatic rings. The normalized spacial score (nSPS) is 12.9. The maximum absolute atomic E-state index is 12.3. The molecule has 1 atom stereocenters. The standard InChI is InChI=1S/C22H32BrNO2S4/c1-4-6-8-9-10-17-14-19(23)29-18(17)15-26-20(25)11-12-22(3,16-24)30-21(27)28-13-7-5-2/h14H,4-13,15H2,1-3H3. The van der Waals surface area contributed by atoms with Crippen LogP contribution in [0.15, 0.2) is 9.85 Å². The summed E-state index contributed by atoms with van der Waals surface area (Å²) in [5.41, 5.74) is 1.27. The molecule has 0 fully saturated rings. The van der Waals surface area contributed by atoms with E-state index in [1.165, 1.54) is 36.6 Å². The Labute approximate surface area is 208 Å². The topological polar surface area (TPSA) is 50.1 Å². The second-order valence-electron chi connectivity index (χ2n) is 7.37. The fraction of sp³-hybridized carbons (Fsp3) is 0.682. The first-order valence-electron chi connectivity index (χ1n) is 10.5. The fourth-order valence-electron chi connectivity index (χ4n) is 2.71. The first kappa shape index (κ1) is 28.0. The molecule has 168 valence electrons. The highest BCUT2D eigenvalue weighted by atomic mass is 79.9. The van der Waals surface area contributed by atoms with Crippen LogP contribution in [0.2, 0.25) is 0 Å². The molecule has 0 amide bonds. The van der Waals surface area contributed by atoms with Crippen molar-refractivity contribution in [2.24, 2.45) is 0 Å². The van der Waals surface area contributed by atoms with Crippen LogP contribution in [0, 0.1) is 11.3 Å². The zero-order chi connectivity index (χ0) is 22.4. The van der Waals surface area contributed by atoms with Crippen LogP contribution in [-0.4, -0.2) is 20.0 Å². The summed E-state index contributed by atoms with van der Waals surface area (Å²) in [5, 5.41) is 9.59. The molecule has 0 bridgehead atoms. The van der Waals surface area contributed by atoms with Crippen LogP contribution >= 0.6 is 63.0 Å². The zero-order valence-electron chi connectivity index (χ0n) is 18.1. The number of nitrogens with zero attached hydrogens (tertiary/aromatic N) is 1. The predicted molar refractivity (Wildman–Crippen MR) is 140 cm³/mol. The molecule has 0 saturated carbocycles. The van der Waals surface area contributed by atoms with Gasteiger partial charge in [-0.1, -0.05) is 63.5 Å². The predicted octanol–water partition coefficient (Wildman–Crippen LogP) is 8.29. The van der Waals surface area contributed by atoms with Gasteiger partial charge in [0.25, 0.3) is 0 Å². The molecule has 0 radical (unpaired) electrons. The first-order valence-corrected chi connectivity index (χ1v) is 14.3. The lowest BCUT2D eigenvalue weighted by atomic mass is 10.1. The van der Waals surface area contributed by atoms with Gasteiger partial charge in [-0.05, 0) is 65.9 Å². The zero-order valence-corrected chi connectivity index (χ0v) is 23.0. The third kappa shape index (κ3) is 11.5. The van der Waals surface area contributed by atoms with Crippen molar-refractivity contribution >= 4 is 72.5 Å². The Kier molecular flexibility index (Phi) is 14.6. The average Bonchev–Trinajstić information content (AvgIpc) is 3.07. The second-order valence-corrected chi connectivity index (χ2v) is 13.7. The van der Waals surface area contributed by atoms with E-state index in [-0.39, 0.29) is 12.4 Å². The number of carbonyl (C=O) groups is 1. The number of esters is 1. The van der Waals surface area contributed by atoms with Gasteiger partial charge < -0.3 is 4.74 Å². The lowest BCUT2D eigenvalue weighted by Crippen LogP contribution is -2.21. The third-order valence-electron chi connectivity index (χ3n) is 4.60. The summed E-state index contributed by atoms with van der Waals surface area (Å²) in [6, 6.07) is 4.46. The minimum absolute atomic E-state index is 0.220. The number of halogens is 1. The molecule has 0 aliphatic carbocycles. The van der Waals surface area contributed by atoms with Gasteiger partial charge in [-0.25, -0.2) is 0 Å². The van der Waals surface area contributed by atoms with Gasteiger partial charge in [0.05, 0.1) is 9.86 Å². The molecule has 1 aromatic heterocycles. The summed E-state index contributed by atoms with van der Waals surface area (Å²) in [6.45, 7) is 6.51. The largest absolute Gasteiger partial charge is 0.460 e. The smallest absolute Gasteiger partial charge is 0.306 e. The van der Waals surface area contributed by atoms with Crippen molar-refractivity contribution in [3.05, 3.63) is 20.3 Å². The third-order valence-corrected chi connectivity index (χ3v) is 9.10. The van der Waals surface area contributed by atoms with Gasteiger partial charge in [0.2, 0.25) is 0 Å². The lowest BCUT2D eigenvalue weighted by Gasteiger charge is -2.20. The van der Waals surface area contributed by atoms with Crippen LogP contribution in [0.4, 0.5) is 0 Å². The molecular formula is C22H32BrNO2S4. The summed E-state index contributed by atoms with van der Waals surface area (Å²) in [4.78, 5) is 13.4. The number of rotatable bonds is 14. The number of nitriles is 1. The maximum Gasteiger partial charge on any atom is 0.306 e. The van der Waals surface area contributed by atoms with Gasteiger partial charge in [-0.3, -0.25) is 4.79 Å². The van der Waals surface area contributed by atoms with Crippen molar-refractivity contribution in [2.75, 3.05) is 5.75 Å². The molecule has 1 unspecified atom stereocenters. The highest BCUT2D eigenvalue weighted by Gasteiger charge is 2.28. The van der Waals surface area contributed by atoms with Crippen LogP contribution in [0.1, 0.15) is 82.6 Å². The van der Waals surface area contributed by atoms with Gasteiger partial charge in [-0.15, -0.1) is 23.1 Å². The quantitative estimate of drug-likeness (QED) is 0.132. The number of thiocarbonyl (C=S) groups is 1. The van der Waals surface area contributed by atoms with Crippen LogP contribution in [-0.2, 0) is 22.6 Å². The van der Waals surface area contributed by atoms with E-state index in [0.717, 1.165) is 43.6 Å². The molecule has 30 heavy (non-hydrogen) atoms. The number of thioether (sulfide) groups is 2. The monoisotopic (exact) mass is 549 g/mol. The van der Waals surface area contributed by atoms with E-state index in [1.807, 2.05) is 6.92 Å². The van der Waals surface area contributed by atoms with Crippen molar-refractivity contribution in [3.8, 4) is 6.07 Å². The van der Waals surface area contributed by atoms with Crippen molar-refractivity contribution in [3.63, 3.8) is 0 Å². The first-order chi connectivity index (χ1) is 14.3. The highest BCUT2D eigenvalue weighted by molar-refractivity contribution is 9.11. The van der Waals surface area contributed by atoms with E-state index < -0.39 is 4.75 Å². The van der Waals surface area contributed by atoms with Crippen LogP contribution < -0.4 is 0 Å². The summed E-state index contributed by atoms with van der Waals surface area (Å²) in [7, 11) is 0.